The molecule has 1 heterocycles. The molecule has 2 aromatic rings. The van der Waals surface area contributed by atoms with Crippen molar-refractivity contribution in [1.82, 2.24) is 15.1 Å². The first-order valence-corrected chi connectivity index (χ1v) is 6.99. The fourth-order valence-electron chi connectivity index (χ4n) is 2.88. The summed E-state index contributed by atoms with van der Waals surface area (Å²) >= 11 is 0. The van der Waals surface area contributed by atoms with Crippen LogP contribution in [0.3, 0.4) is 0 Å². The smallest absolute Gasteiger partial charge is 0.272 e. The molecule has 0 aliphatic heterocycles. The van der Waals surface area contributed by atoms with Crippen LogP contribution in [0.25, 0.3) is 0 Å². The number of rotatable bonds is 3. The minimum atomic E-state index is -0.206. The maximum atomic E-state index is 12.5. The highest BCUT2D eigenvalue weighted by Crippen LogP contribution is 2.41. The van der Waals surface area contributed by atoms with Gasteiger partial charge < -0.3 is 5.32 Å². The predicted octanol–water partition coefficient (Wildman–Crippen LogP) is 2.54. The summed E-state index contributed by atoms with van der Waals surface area (Å²) in [6, 6.07) is 10.2. The van der Waals surface area contributed by atoms with Crippen molar-refractivity contribution in [1.29, 1.82) is 0 Å². The van der Waals surface area contributed by atoms with E-state index in [-0.39, 0.29) is 11.4 Å². The van der Waals surface area contributed by atoms with Gasteiger partial charge in [0.15, 0.2) is 5.69 Å². The van der Waals surface area contributed by atoms with E-state index in [1.165, 1.54) is 5.56 Å². The number of benzene rings is 1. The highest BCUT2D eigenvalue weighted by Gasteiger charge is 2.40. The summed E-state index contributed by atoms with van der Waals surface area (Å²) in [6.07, 6.45) is 5.00. The molecule has 0 radical (unpaired) electrons. The lowest BCUT2D eigenvalue weighted by atomic mass is 9.71. The number of nitrogens with one attached hydrogen (secondary N) is 1. The minimum absolute atomic E-state index is 0.0772. The van der Waals surface area contributed by atoms with E-state index < -0.39 is 0 Å². The van der Waals surface area contributed by atoms with Gasteiger partial charge in [-0.2, -0.15) is 5.10 Å². The van der Waals surface area contributed by atoms with Gasteiger partial charge in [-0.25, -0.2) is 0 Å². The molecule has 3 rings (SSSR count). The minimum Gasteiger partial charge on any atom is -0.341 e. The predicted molar refractivity (Wildman–Crippen MR) is 77.4 cm³/mol. The van der Waals surface area contributed by atoms with Crippen LogP contribution >= 0.6 is 0 Å². The van der Waals surface area contributed by atoms with E-state index in [0.29, 0.717) is 5.69 Å². The van der Waals surface area contributed by atoms with Crippen LogP contribution in [0.2, 0.25) is 0 Å². The molecule has 0 saturated heterocycles. The van der Waals surface area contributed by atoms with E-state index in [1.54, 1.807) is 4.68 Å². The maximum Gasteiger partial charge on any atom is 0.272 e. The summed E-state index contributed by atoms with van der Waals surface area (Å²) in [6.45, 7) is 1.91. The molecule has 0 unspecified atom stereocenters. The van der Waals surface area contributed by atoms with E-state index in [0.717, 1.165) is 24.8 Å². The molecule has 20 heavy (non-hydrogen) atoms. The highest BCUT2D eigenvalue weighted by molar-refractivity contribution is 5.94. The lowest BCUT2D eigenvalue weighted by Gasteiger charge is -2.43. The first-order valence-electron chi connectivity index (χ1n) is 6.99. The van der Waals surface area contributed by atoms with Crippen LogP contribution in [-0.2, 0) is 12.6 Å². The zero-order chi connectivity index (χ0) is 14.2. The molecule has 4 heteroatoms. The van der Waals surface area contributed by atoms with Crippen LogP contribution in [-0.4, -0.2) is 15.7 Å². The lowest BCUT2D eigenvalue weighted by molar-refractivity contribution is 0.0816. The van der Waals surface area contributed by atoms with Crippen LogP contribution in [0.1, 0.15) is 40.9 Å². The molecule has 0 atom stereocenters. The van der Waals surface area contributed by atoms with Gasteiger partial charge in [0.05, 0.1) is 5.54 Å². The van der Waals surface area contributed by atoms with Crippen molar-refractivity contribution in [2.75, 3.05) is 0 Å². The number of nitrogens with zero attached hydrogens (tertiary/aromatic N) is 2. The van der Waals surface area contributed by atoms with Gasteiger partial charge in [-0.3, -0.25) is 9.48 Å². The molecule has 0 spiro atoms. The fourth-order valence-corrected chi connectivity index (χ4v) is 2.88. The Morgan fingerprint density at radius 1 is 1.30 bits per heavy atom. The summed E-state index contributed by atoms with van der Waals surface area (Å²) < 4.78 is 1.68. The van der Waals surface area contributed by atoms with Crippen LogP contribution in [0.15, 0.2) is 36.5 Å². The van der Waals surface area contributed by atoms with Crippen LogP contribution in [0.4, 0.5) is 0 Å². The van der Waals surface area contributed by atoms with Crippen LogP contribution < -0.4 is 5.32 Å². The standard InChI is InChI=1S/C16H19N3O/c1-12-11-19(2)18-14(12)15(20)17-16(9-6-10-16)13-7-4-3-5-8-13/h3-5,7-8,11H,6,9-10H2,1-2H3,(H,17,20). The molecule has 1 fully saturated rings. The SMILES string of the molecule is Cc1cn(C)nc1C(=O)NC1(c2ccccc2)CCC1. The van der Waals surface area contributed by atoms with Crippen molar-refractivity contribution in [2.24, 2.45) is 7.05 Å². The van der Waals surface area contributed by atoms with Crippen molar-refractivity contribution >= 4 is 5.91 Å². The van der Waals surface area contributed by atoms with Gasteiger partial charge in [-0.1, -0.05) is 30.3 Å². The second-order valence-electron chi connectivity index (χ2n) is 5.59. The largest absolute Gasteiger partial charge is 0.341 e. The molecular formula is C16H19N3O. The van der Waals surface area contributed by atoms with Crippen LogP contribution in [0, 0.1) is 6.92 Å². The van der Waals surface area contributed by atoms with E-state index in [1.807, 2.05) is 38.4 Å². The Morgan fingerprint density at radius 2 is 2.00 bits per heavy atom. The van der Waals surface area contributed by atoms with Gasteiger partial charge in [0, 0.05) is 18.8 Å². The van der Waals surface area contributed by atoms with Gasteiger partial charge >= 0.3 is 0 Å². The average Bonchev–Trinajstić information content (AvgIpc) is 2.74. The van der Waals surface area contributed by atoms with E-state index in [4.69, 9.17) is 0 Å². The Hall–Kier alpha value is -2.10. The Morgan fingerprint density at radius 3 is 2.50 bits per heavy atom. The summed E-state index contributed by atoms with van der Waals surface area (Å²) in [7, 11) is 1.83. The highest BCUT2D eigenvalue weighted by atomic mass is 16.2. The molecule has 1 N–H and O–H groups in total. The molecule has 1 saturated carbocycles. The summed E-state index contributed by atoms with van der Waals surface area (Å²) in [4.78, 5) is 12.5. The zero-order valence-electron chi connectivity index (χ0n) is 11.9. The molecule has 1 aromatic carbocycles. The third-order valence-electron chi connectivity index (χ3n) is 4.11. The second-order valence-corrected chi connectivity index (χ2v) is 5.59. The normalized spacial score (nSPS) is 16.5. The number of hydrogen-bond donors (Lipinski definition) is 1. The topological polar surface area (TPSA) is 46.9 Å². The third kappa shape index (κ3) is 2.11. The van der Waals surface area contributed by atoms with E-state index >= 15 is 0 Å². The second kappa shape index (κ2) is 4.78. The quantitative estimate of drug-likeness (QED) is 0.930. The number of aryl methyl sites for hydroxylation is 2. The van der Waals surface area contributed by atoms with Crippen molar-refractivity contribution in [3.8, 4) is 0 Å². The van der Waals surface area contributed by atoms with Crippen molar-refractivity contribution < 1.29 is 4.79 Å². The van der Waals surface area contributed by atoms with Crippen molar-refractivity contribution in [3.05, 3.63) is 53.3 Å². The third-order valence-corrected chi connectivity index (χ3v) is 4.11. The molecule has 104 valence electrons. The number of carbonyl (C=O) groups is 1. The van der Waals surface area contributed by atoms with Gasteiger partial charge in [0.25, 0.3) is 5.91 Å². The first-order chi connectivity index (χ1) is 9.61. The molecular weight excluding hydrogens is 250 g/mol. The Labute approximate surface area is 118 Å². The monoisotopic (exact) mass is 269 g/mol. The Bertz CT molecular complexity index is 626. The van der Waals surface area contributed by atoms with E-state index in [2.05, 4.69) is 22.5 Å². The van der Waals surface area contributed by atoms with Crippen LogP contribution in [0.5, 0.6) is 0 Å². The molecule has 1 aliphatic rings. The van der Waals surface area contributed by atoms with Gasteiger partial charge in [0.2, 0.25) is 0 Å². The fraction of sp³-hybridized carbons (Fsp3) is 0.375. The number of hydrogen-bond acceptors (Lipinski definition) is 2. The average molecular weight is 269 g/mol. The molecule has 0 bridgehead atoms. The molecule has 1 aromatic heterocycles. The number of aromatic nitrogens is 2. The van der Waals surface area contributed by atoms with Crippen molar-refractivity contribution in [2.45, 2.75) is 31.7 Å². The summed E-state index contributed by atoms with van der Waals surface area (Å²) in [5.74, 6) is -0.0772. The van der Waals surface area contributed by atoms with Crippen molar-refractivity contribution in [3.63, 3.8) is 0 Å². The molecule has 4 nitrogen and oxygen atoms in total. The number of amides is 1. The Kier molecular flexibility index (Phi) is 3.08. The summed E-state index contributed by atoms with van der Waals surface area (Å²) in [5, 5.41) is 7.45. The first kappa shape index (κ1) is 12.9. The molecule has 1 aliphatic carbocycles. The van der Waals surface area contributed by atoms with Gasteiger partial charge in [-0.05, 0) is 31.7 Å². The molecule has 1 amide bonds. The van der Waals surface area contributed by atoms with Gasteiger partial charge in [0.1, 0.15) is 0 Å². The zero-order valence-corrected chi connectivity index (χ0v) is 11.9. The number of carbonyl (C=O) groups excluding carboxylic acids is 1. The van der Waals surface area contributed by atoms with E-state index in [9.17, 15) is 4.79 Å². The maximum absolute atomic E-state index is 12.5. The van der Waals surface area contributed by atoms with Gasteiger partial charge in [-0.15, -0.1) is 0 Å². The lowest BCUT2D eigenvalue weighted by Crippen LogP contribution is -2.51. The summed E-state index contributed by atoms with van der Waals surface area (Å²) in [5.41, 5.74) is 2.41. The Balaban J connectivity index is 1.86.